The first-order chi connectivity index (χ1) is 6.18. The molecule has 1 aliphatic heterocycles. The van der Waals surface area contributed by atoms with E-state index in [2.05, 4.69) is 4.98 Å². The number of carboxylic acids is 1. The van der Waals surface area contributed by atoms with Crippen LogP contribution in [0.1, 0.15) is 21.6 Å². The highest BCUT2D eigenvalue weighted by Crippen LogP contribution is 2.24. The van der Waals surface area contributed by atoms with E-state index in [0.717, 1.165) is 12.0 Å². The van der Waals surface area contributed by atoms with Crippen molar-refractivity contribution in [2.45, 2.75) is 13.3 Å². The number of carbonyl (C=O) groups is 1. The fourth-order valence-electron chi connectivity index (χ4n) is 1.40. The van der Waals surface area contributed by atoms with Crippen LogP contribution in [-0.2, 0) is 6.42 Å². The first kappa shape index (κ1) is 8.04. The predicted octanol–water partition coefficient (Wildman–Crippen LogP) is 1.02. The van der Waals surface area contributed by atoms with E-state index in [9.17, 15) is 4.79 Å². The first-order valence-corrected chi connectivity index (χ1v) is 4.05. The highest BCUT2D eigenvalue weighted by molar-refractivity contribution is 5.89. The van der Waals surface area contributed by atoms with Crippen LogP contribution >= 0.6 is 0 Å². The molecule has 0 fully saturated rings. The lowest BCUT2D eigenvalue weighted by Gasteiger charge is -2.02. The van der Waals surface area contributed by atoms with Crippen molar-refractivity contribution < 1.29 is 14.6 Å². The van der Waals surface area contributed by atoms with Crippen molar-refractivity contribution in [2.24, 2.45) is 0 Å². The molecule has 2 rings (SSSR count). The summed E-state index contributed by atoms with van der Waals surface area (Å²) in [6, 6.07) is 1.65. The second kappa shape index (κ2) is 2.73. The molecule has 13 heavy (non-hydrogen) atoms. The number of aryl methyl sites for hydroxylation is 1. The van der Waals surface area contributed by atoms with E-state index in [4.69, 9.17) is 9.84 Å². The molecule has 0 aromatic carbocycles. The van der Waals surface area contributed by atoms with E-state index in [0.29, 0.717) is 18.2 Å². The van der Waals surface area contributed by atoms with Gasteiger partial charge >= 0.3 is 5.97 Å². The van der Waals surface area contributed by atoms with E-state index in [1.54, 1.807) is 13.0 Å². The second-order valence-electron chi connectivity index (χ2n) is 2.99. The maximum absolute atomic E-state index is 10.7. The normalized spacial score (nSPS) is 13.6. The minimum atomic E-state index is -0.931. The molecule has 0 unspecified atom stereocenters. The van der Waals surface area contributed by atoms with Gasteiger partial charge in [0, 0.05) is 12.0 Å². The van der Waals surface area contributed by atoms with Crippen molar-refractivity contribution in [3.63, 3.8) is 0 Å². The van der Waals surface area contributed by atoms with E-state index < -0.39 is 5.97 Å². The molecule has 0 spiro atoms. The highest BCUT2D eigenvalue weighted by atomic mass is 16.5. The maximum Gasteiger partial charge on any atom is 0.337 e. The Labute approximate surface area is 75.2 Å². The molecule has 1 aromatic heterocycles. The summed E-state index contributed by atoms with van der Waals surface area (Å²) in [7, 11) is 0. The zero-order chi connectivity index (χ0) is 9.42. The lowest BCUT2D eigenvalue weighted by molar-refractivity contribution is 0.0695. The molecular weight excluding hydrogens is 170 g/mol. The van der Waals surface area contributed by atoms with Crippen LogP contribution in [0, 0.1) is 6.92 Å². The zero-order valence-electron chi connectivity index (χ0n) is 7.20. The van der Waals surface area contributed by atoms with Crippen molar-refractivity contribution in [2.75, 3.05) is 6.61 Å². The number of aromatic carboxylic acids is 1. The van der Waals surface area contributed by atoms with Crippen molar-refractivity contribution in [3.05, 3.63) is 22.9 Å². The van der Waals surface area contributed by atoms with Gasteiger partial charge in [-0.05, 0) is 13.0 Å². The molecule has 4 nitrogen and oxygen atoms in total. The van der Waals surface area contributed by atoms with Gasteiger partial charge in [0.05, 0.1) is 17.9 Å². The smallest absolute Gasteiger partial charge is 0.337 e. The number of fused-ring (bicyclic) bond motifs is 1. The molecule has 0 aliphatic carbocycles. The summed E-state index contributed by atoms with van der Waals surface area (Å²) in [6.07, 6.45) is 0.753. The Hall–Kier alpha value is -1.58. The lowest BCUT2D eigenvalue weighted by atomic mass is 10.1. The molecule has 1 N–H and O–H groups in total. The van der Waals surface area contributed by atoms with Crippen LogP contribution in [0.25, 0.3) is 0 Å². The Morgan fingerprint density at radius 3 is 3.15 bits per heavy atom. The monoisotopic (exact) mass is 179 g/mol. The number of rotatable bonds is 1. The van der Waals surface area contributed by atoms with Crippen LogP contribution in [0.5, 0.6) is 5.88 Å². The molecule has 0 bridgehead atoms. The van der Waals surface area contributed by atoms with Gasteiger partial charge in [-0.2, -0.15) is 0 Å². The van der Waals surface area contributed by atoms with E-state index in [1.807, 2.05) is 0 Å². The summed E-state index contributed by atoms with van der Waals surface area (Å²) in [5.41, 5.74) is 1.67. The highest BCUT2D eigenvalue weighted by Gasteiger charge is 2.18. The molecule has 1 aromatic rings. The standard InChI is InChI=1S/C9H9NO3/c1-5-7(9(11)12)4-6-2-3-13-8(6)10-5/h4H,2-3H2,1H3,(H,11,12). The van der Waals surface area contributed by atoms with E-state index >= 15 is 0 Å². The minimum absolute atomic E-state index is 0.268. The molecule has 0 saturated heterocycles. The summed E-state index contributed by atoms with van der Waals surface area (Å²) in [5.74, 6) is -0.345. The molecule has 0 saturated carbocycles. The molecule has 1 aliphatic rings. The summed E-state index contributed by atoms with van der Waals surface area (Å²) < 4.78 is 5.21. The van der Waals surface area contributed by atoms with Gasteiger partial charge in [0.2, 0.25) is 5.88 Å². The minimum Gasteiger partial charge on any atom is -0.478 e. The van der Waals surface area contributed by atoms with Crippen molar-refractivity contribution >= 4 is 5.97 Å². The molecule has 68 valence electrons. The van der Waals surface area contributed by atoms with Gasteiger partial charge in [0.15, 0.2) is 0 Å². The molecular formula is C9H9NO3. The zero-order valence-corrected chi connectivity index (χ0v) is 7.20. The number of hydrogen-bond acceptors (Lipinski definition) is 3. The summed E-state index contributed by atoms with van der Waals surface area (Å²) in [4.78, 5) is 14.8. The van der Waals surface area contributed by atoms with Crippen LogP contribution < -0.4 is 4.74 Å². The number of carboxylic acid groups (broad SMARTS) is 1. The van der Waals surface area contributed by atoms with Gasteiger partial charge < -0.3 is 9.84 Å². The molecule has 0 atom stereocenters. The average Bonchev–Trinajstić information content (AvgIpc) is 2.48. The SMILES string of the molecule is Cc1nc2c(cc1C(=O)O)CCO2. The lowest BCUT2D eigenvalue weighted by Crippen LogP contribution is -2.02. The number of hydrogen-bond donors (Lipinski definition) is 1. The van der Waals surface area contributed by atoms with Crippen LogP contribution in [0.4, 0.5) is 0 Å². The fourth-order valence-corrected chi connectivity index (χ4v) is 1.40. The third-order valence-corrected chi connectivity index (χ3v) is 2.09. The third-order valence-electron chi connectivity index (χ3n) is 2.09. The first-order valence-electron chi connectivity index (χ1n) is 4.05. The Kier molecular flexibility index (Phi) is 1.69. The number of pyridine rings is 1. The van der Waals surface area contributed by atoms with Gasteiger partial charge in [-0.1, -0.05) is 0 Å². The largest absolute Gasteiger partial charge is 0.478 e. The van der Waals surface area contributed by atoms with Gasteiger partial charge in [-0.25, -0.2) is 9.78 Å². The Morgan fingerprint density at radius 1 is 1.69 bits per heavy atom. The number of aromatic nitrogens is 1. The van der Waals surface area contributed by atoms with Gasteiger partial charge in [-0.3, -0.25) is 0 Å². The second-order valence-corrected chi connectivity index (χ2v) is 2.99. The number of nitrogens with zero attached hydrogens (tertiary/aromatic N) is 1. The third kappa shape index (κ3) is 1.24. The topological polar surface area (TPSA) is 59.4 Å². The average molecular weight is 179 g/mol. The van der Waals surface area contributed by atoms with Crippen molar-refractivity contribution in [1.82, 2.24) is 4.98 Å². The quantitative estimate of drug-likeness (QED) is 0.699. The summed E-state index contributed by atoms with van der Waals surface area (Å²) in [6.45, 7) is 2.27. The Balaban J connectivity index is 2.55. The molecule has 0 amide bonds. The summed E-state index contributed by atoms with van der Waals surface area (Å²) >= 11 is 0. The van der Waals surface area contributed by atoms with Crippen LogP contribution in [0.15, 0.2) is 6.07 Å². The molecule has 2 heterocycles. The van der Waals surface area contributed by atoms with Crippen molar-refractivity contribution in [1.29, 1.82) is 0 Å². The number of ether oxygens (including phenoxy) is 1. The van der Waals surface area contributed by atoms with E-state index in [-0.39, 0.29) is 5.56 Å². The Bertz CT molecular complexity index is 373. The Morgan fingerprint density at radius 2 is 2.46 bits per heavy atom. The molecule has 4 heteroatoms. The van der Waals surface area contributed by atoms with Gasteiger partial charge in [0.25, 0.3) is 0 Å². The van der Waals surface area contributed by atoms with Crippen LogP contribution in [0.3, 0.4) is 0 Å². The summed E-state index contributed by atoms with van der Waals surface area (Å²) in [5, 5.41) is 8.82. The maximum atomic E-state index is 10.7. The van der Waals surface area contributed by atoms with Crippen LogP contribution in [0.2, 0.25) is 0 Å². The molecule has 0 radical (unpaired) electrons. The predicted molar refractivity (Wildman–Crippen MR) is 45.1 cm³/mol. The van der Waals surface area contributed by atoms with E-state index in [1.165, 1.54) is 0 Å². The fraction of sp³-hybridized carbons (Fsp3) is 0.333. The van der Waals surface area contributed by atoms with Gasteiger partial charge in [0.1, 0.15) is 0 Å². The van der Waals surface area contributed by atoms with Gasteiger partial charge in [-0.15, -0.1) is 0 Å². The van der Waals surface area contributed by atoms with Crippen molar-refractivity contribution in [3.8, 4) is 5.88 Å². The van der Waals surface area contributed by atoms with Crippen LogP contribution in [-0.4, -0.2) is 22.7 Å².